The summed E-state index contributed by atoms with van der Waals surface area (Å²) in [6.45, 7) is 17.2. The highest BCUT2D eigenvalue weighted by molar-refractivity contribution is 6.01. The van der Waals surface area contributed by atoms with Gasteiger partial charge in [-0.2, -0.15) is 0 Å². The van der Waals surface area contributed by atoms with E-state index in [2.05, 4.69) is 48.1 Å². The first-order valence-electron chi connectivity index (χ1n) is 8.45. The lowest BCUT2D eigenvalue weighted by atomic mass is 9.75. The van der Waals surface area contributed by atoms with Crippen molar-refractivity contribution in [2.45, 2.75) is 73.6 Å². The summed E-state index contributed by atoms with van der Waals surface area (Å²) in [5, 5.41) is 0. The third-order valence-corrected chi connectivity index (χ3v) is 4.57. The highest BCUT2D eigenvalue weighted by Gasteiger charge is 2.29. The van der Waals surface area contributed by atoms with Gasteiger partial charge in [-0.3, -0.25) is 4.79 Å². The molecule has 0 aromatic rings. The second-order valence-corrected chi connectivity index (χ2v) is 6.81. The molecule has 1 heteroatoms. The zero-order valence-electron chi connectivity index (χ0n) is 14.8. The number of carbonyl (C=O) groups is 1. The van der Waals surface area contributed by atoms with Crippen LogP contribution in [0.2, 0.25) is 0 Å². The lowest BCUT2D eigenvalue weighted by molar-refractivity contribution is -0.116. The molecule has 0 saturated carbocycles. The molecule has 0 radical (unpaired) electrons. The van der Waals surface area contributed by atoms with Gasteiger partial charge in [-0.15, -0.1) is 0 Å². The molecule has 21 heavy (non-hydrogen) atoms. The zero-order valence-corrected chi connectivity index (χ0v) is 14.8. The predicted molar refractivity (Wildman–Crippen MR) is 92.3 cm³/mol. The Balaban J connectivity index is 3.47. The van der Waals surface area contributed by atoms with Gasteiger partial charge in [0.1, 0.15) is 0 Å². The minimum Gasteiger partial charge on any atom is -0.294 e. The van der Waals surface area contributed by atoms with Crippen molar-refractivity contribution in [1.82, 2.24) is 0 Å². The molecule has 0 amide bonds. The second kappa shape index (κ2) is 7.77. The molecule has 1 rings (SSSR count). The summed E-state index contributed by atoms with van der Waals surface area (Å²) in [7, 11) is 0. The predicted octanol–water partition coefficient (Wildman–Crippen LogP) is 6.02. The molecule has 118 valence electrons. The molecule has 0 spiro atoms. The molecule has 0 bridgehead atoms. The Kier molecular flexibility index (Phi) is 6.64. The van der Waals surface area contributed by atoms with Crippen LogP contribution in [0.4, 0.5) is 0 Å². The third kappa shape index (κ3) is 4.18. The van der Waals surface area contributed by atoms with Gasteiger partial charge in [-0.05, 0) is 56.1 Å². The Hall–Kier alpha value is -1.11. The van der Waals surface area contributed by atoms with Gasteiger partial charge >= 0.3 is 0 Å². The van der Waals surface area contributed by atoms with Crippen LogP contribution in [0.15, 0.2) is 34.4 Å². The van der Waals surface area contributed by atoms with Crippen molar-refractivity contribution < 1.29 is 4.79 Å². The molecule has 0 saturated heterocycles. The maximum Gasteiger partial charge on any atom is 0.163 e. The molecule has 0 N–H and O–H groups in total. The topological polar surface area (TPSA) is 17.1 Å². The number of hydrogen-bond donors (Lipinski definition) is 0. The molecule has 0 aromatic carbocycles. The van der Waals surface area contributed by atoms with E-state index in [9.17, 15) is 4.79 Å². The quantitative estimate of drug-likeness (QED) is 0.546. The largest absolute Gasteiger partial charge is 0.294 e. The Morgan fingerprint density at radius 1 is 1.33 bits per heavy atom. The summed E-state index contributed by atoms with van der Waals surface area (Å²) in [4.78, 5) is 12.7. The number of hydrogen-bond acceptors (Lipinski definition) is 1. The van der Waals surface area contributed by atoms with Crippen LogP contribution in [0.3, 0.4) is 0 Å². The van der Waals surface area contributed by atoms with Crippen LogP contribution >= 0.6 is 0 Å². The number of rotatable bonds is 6. The summed E-state index contributed by atoms with van der Waals surface area (Å²) < 4.78 is 0. The van der Waals surface area contributed by atoms with Gasteiger partial charge in [0.2, 0.25) is 0 Å². The van der Waals surface area contributed by atoms with Crippen molar-refractivity contribution in [2.24, 2.45) is 11.8 Å². The maximum absolute atomic E-state index is 12.7. The van der Waals surface area contributed by atoms with Gasteiger partial charge < -0.3 is 0 Å². The molecule has 0 aromatic heterocycles. The summed E-state index contributed by atoms with van der Waals surface area (Å²) in [5.74, 6) is 1.26. The first-order valence-corrected chi connectivity index (χ1v) is 8.45. The van der Waals surface area contributed by atoms with Crippen molar-refractivity contribution in [1.29, 1.82) is 0 Å². The highest BCUT2D eigenvalue weighted by Crippen LogP contribution is 2.38. The maximum atomic E-state index is 12.7. The minimum absolute atomic E-state index is 0.344. The van der Waals surface area contributed by atoms with Gasteiger partial charge in [0.05, 0.1) is 0 Å². The summed E-state index contributed by atoms with van der Waals surface area (Å²) in [6.07, 6.45) is 4.98. The molecule has 2 unspecified atom stereocenters. The van der Waals surface area contributed by atoms with Gasteiger partial charge in [0, 0.05) is 12.0 Å². The van der Waals surface area contributed by atoms with E-state index in [1.165, 1.54) is 16.7 Å². The Bertz CT molecular complexity index is 476. The van der Waals surface area contributed by atoms with Crippen LogP contribution < -0.4 is 0 Å². The van der Waals surface area contributed by atoms with E-state index in [1.807, 2.05) is 0 Å². The van der Waals surface area contributed by atoms with E-state index in [0.717, 1.165) is 36.8 Å². The van der Waals surface area contributed by atoms with Crippen LogP contribution in [0, 0.1) is 11.8 Å². The van der Waals surface area contributed by atoms with Crippen LogP contribution in [-0.4, -0.2) is 5.78 Å². The molecule has 0 heterocycles. The Morgan fingerprint density at radius 2 is 1.95 bits per heavy atom. The average molecular weight is 288 g/mol. The number of allylic oxidation sites excluding steroid dienone is 5. The fourth-order valence-corrected chi connectivity index (χ4v) is 3.73. The molecule has 1 aliphatic rings. The standard InChI is InChI=1S/C20H32O/c1-8-10-15(6)19(17(9-2)13(3)4)20-16(7)11-14(5)12-18(20)21/h14-15H,3,8-12H2,1-2,4-7H3/b19-17-. The summed E-state index contributed by atoms with van der Waals surface area (Å²) >= 11 is 0. The van der Waals surface area contributed by atoms with Crippen molar-refractivity contribution in [3.63, 3.8) is 0 Å². The zero-order chi connectivity index (χ0) is 16.2. The lowest BCUT2D eigenvalue weighted by Crippen LogP contribution is -2.21. The molecule has 2 atom stereocenters. The van der Waals surface area contributed by atoms with E-state index in [4.69, 9.17) is 0 Å². The van der Waals surface area contributed by atoms with Crippen LogP contribution in [0.1, 0.15) is 73.6 Å². The van der Waals surface area contributed by atoms with E-state index >= 15 is 0 Å². The molecule has 0 fully saturated rings. The number of ketones is 1. The third-order valence-electron chi connectivity index (χ3n) is 4.57. The van der Waals surface area contributed by atoms with Crippen molar-refractivity contribution in [3.05, 3.63) is 34.4 Å². The fourth-order valence-electron chi connectivity index (χ4n) is 3.73. The van der Waals surface area contributed by atoms with Crippen molar-refractivity contribution in [2.75, 3.05) is 0 Å². The summed E-state index contributed by atoms with van der Waals surface area (Å²) in [5.41, 5.74) is 6.02. The smallest absolute Gasteiger partial charge is 0.163 e. The van der Waals surface area contributed by atoms with Gasteiger partial charge in [-0.1, -0.05) is 51.8 Å². The van der Waals surface area contributed by atoms with Crippen LogP contribution in [0.5, 0.6) is 0 Å². The normalized spacial score (nSPS) is 22.2. The SMILES string of the molecule is C=C(C)/C(CC)=C(\C1=C(C)CC(C)CC1=O)C(C)CCC. The van der Waals surface area contributed by atoms with Crippen molar-refractivity contribution >= 4 is 5.78 Å². The Labute approximate surface area is 131 Å². The second-order valence-electron chi connectivity index (χ2n) is 6.81. The monoisotopic (exact) mass is 288 g/mol. The summed E-state index contributed by atoms with van der Waals surface area (Å²) in [6, 6.07) is 0. The van der Waals surface area contributed by atoms with Crippen LogP contribution in [-0.2, 0) is 4.79 Å². The minimum atomic E-state index is 0.344. The molecule has 1 nitrogen and oxygen atoms in total. The fraction of sp³-hybridized carbons (Fsp3) is 0.650. The van der Waals surface area contributed by atoms with Gasteiger partial charge in [0.25, 0.3) is 0 Å². The van der Waals surface area contributed by atoms with E-state index in [1.54, 1.807) is 0 Å². The molecule has 1 aliphatic carbocycles. The Morgan fingerprint density at radius 3 is 2.38 bits per heavy atom. The first kappa shape index (κ1) is 17.9. The highest BCUT2D eigenvalue weighted by atomic mass is 16.1. The average Bonchev–Trinajstić information content (AvgIpc) is 2.36. The van der Waals surface area contributed by atoms with E-state index in [0.29, 0.717) is 24.0 Å². The van der Waals surface area contributed by atoms with Gasteiger partial charge in [0.15, 0.2) is 5.78 Å². The molecule has 0 aliphatic heterocycles. The van der Waals surface area contributed by atoms with Gasteiger partial charge in [-0.25, -0.2) is 0 Å². The first-order chi connectivity index (χ1) is 9.83. The number of Topliss-reactive ketones (excluding diaryl/α,β-unsaturated/α-hetero) is 1. The van der Waals surface area contributed by atoms with E-state index < -0.39 is 0 Å². The van der Waals surface area contributed by atoms with Crippen molar-refractivity contribution in [3.8, 4) is 0 Å². The number of carbonyl (C=O) groups excluding carboxylic acids is 1. The van der Waals surface area contributed by atoms with E-state index in [-0.39, 0.29) is 0 Å². The van der Waals surface area contributed by atoms with Crippen LogP contribution in [0.25, 0.3) is 0 Å². The molecular weight excluding hydrogens is 256 g/mol. The lowest BCUT2D eigenvalue weighted by Gasteiger charge is -2.29. The molecular formula is C20H32O.